The molecule has 0 spiro atoms. The van der Waals surface area contributed by atoms with E-state index in [1.165, 1.54) is 12.3 Å². The lowest BCUT2D eigenvalue weighted by Crippen LogP contribution is -2.31. The number of fused-ring (bicyclic) bond motifs is 2. The molecule has 140 valence electrons. The first kappa shape index (κ1) is 17.4. The van der Waals surface area contributed by atoms with E-state index in [0.29, 0.717) is 48.2 Å². The van der Waals surface area contributed by atoms with E-state index in [1.807, 2.05) is 4.90 Å². The summed E-state index contributed by atoms with van der Waals surface area (Å²) in [4.78, 5) is 23.0. The van der Waals surface area contributed by atoms with Crippen LogP contribution in [0.4, 0.5) is 18.9 Å². The molecule has 0 saturated carbocycles. The average Bonchev–Trinajstić information content (AvgIpc) is 3.03. The lowest BCUT2D eigenvalue weighted by molar-refractivity contribution is -0.383. The van der Waals surface area contributed by atoms with Crippen molar-refractivity contribution in [2.24, 2.45) is 0 Å². The van der Waals surface area contributed by atoms with Gasteiger partial charge < -0.3 is 4.98 Å². The van der Waals surface area contributed by atoms with Crippen LogP contribution in [0.5, 0.6) is 0 Å². The van der Waals surface area contributed by atoms with Crippen molar-refractivity contribution in [3.05, 3.63) is 63.4 Å². The number of aromatic amines is 1. The Bertz CT molecular complexity index is 1030. The maximum Gasteiger partial charge on any atom is 0.451 e. The SMILES string of the molecule is O=[N+]([O-])c1cccc2[nH]cc(CN3CCc4nc(C(F)(F)F)ncc4C3)c12. The molecule has 0 radical (unpaired) electrons. The monoisotopic (exact) mass is 377 g/mol. The van der Waals surface area contributed by atoms with Gasteiger partial charge in [-0.15, -0.1) is 0 Å². The fraction of sp³-hybridized carbons (Fsp3) is 0.294. The normalized spacial score (nSPS) is 15.1. The Balaban J connectivity index is 1.59. The molecular weight excluding hydrogens is 363 g/mol. The molecule has 0 atom stereocenters. The highest BCUT2D eigenvalue weighted by Gasteiger charge is 2.35. The van der Waals surface area contributed by atoms with Gasteiger partial charge in [-0.05, 0) is 11.6 Å². The van der Waals surface area contributed by atoms with Crippen LogP contribution in [-0.2, 0) is 25.7 Å². The van der Waals surface area contributed by atoms with E-state index in [2.05, 4.69) is 15.0 Å². The maximum atomic E-state index is 12.7. The van der Waals surface area contributed by atoms with E-state index >= 15 is 0 Å². The van der Waals surface area contributed by atoms with Gasteiger partial charge in [0, 0.05) is 50.1 Å². The molecule has 3 aromatic rings. The van der Waals surface area contributed by atoms with Gasteiger partial charge in [0.15, 0.2) is 0 Å². The predicted molar refractivity (Wildman–Crippen MR) is 89.8 cm³/mol. The molecule has 4 rings (SSSR count). The molecule has 1 N–H and O–H groups in total. The summed E-state index contributed by atoms with van der Waals surface area (Å²) in [6.45, 7) is 1.33. The van der Waals surface area contributed by atoms with Crippen LogP contribution in [-0.4, -0.2) is 31.3 Å². The molecule has 0 amide bonds. The van der Waals surface area contributed by atoms with E-state index in [1.54, 1.807) is 18.3 Å². The quantitative estimate of drug-likeness (QED) is 0.558. The summed E-state index contributed by atoms with van der Waals surface area (Å²) in [7, 11) is 0. The van der Waals surface area contributed by atoms with E-state index in [4.69, 9.17) is 0 Å². The van der Waals surface area contributed by atoms with Crippen molar-refractivity contribution in [3.63, 3.8) is 0 Å². The Morgan fingerprint density at radius 3 is 2.89 bits per heavy atom. The number of nitro groups is 1. The Morgan fingerprint density at radius 1 is 1.33 bits per heavy atom. The number of H-pyrrole nitrogens is 1. The number of halogens is 3. The van der Waals surface area contributed by atoms with E-state index in [-0.39, 0.29) is 5.69 Å². The number of nitrogens with one attached hydrogen (secondary N) is 1. The number of aromatic nitrogens is 3. The molecule has 2 aromatic heterocycles. The van der Waals surface area contributed by atoms with Gasteiger partial charge in [0.05, 0.1) is 21.5 Å². The van der Waals surface area contributed by atoms with Gasteiger partial charge in [-0.3, -0.25) is 15.0 Å². The Kier molecular flexibility index (Phi) is 4.06. The number of hydrogen-bond donors (Lipinski definition) is 1. The Hall–Kier alpha value is -3.01. The van der Waals surface area contributed by atoms with Crippen molar-refractivity contribution in [1.82, 2.24) is 19.9 Å². The zero-order valence-corrected chi connectivity index (χ0v) is 14.0. The number of hydrogen-bond acceptors (Lipinski definition) is 5. The molecule has 10 heteroatoms. The minimum absolute atomic E-state index is 0.0271. The van der Waals surface area contributed by atoms with Crippen LogP contribution in [0.25, 0.3) is 10.9 Å². The van der Waals surface area contributed by atoms with Crippen molar-refractivity contribution >= 4 is 16.6 Å². The summed E-state index contributed by atoms with van der Waals surface area (Å²) >= 11 is 0. The minimum atomic E-state index is -4.56. The van der Waals surface area contributed by atoms with Crippen molar-refractivity contribution in [3.8, 4) is 0 Å². The van der Waals surface area contributed by atoms with Gasteiger partial charge in [-0.25, -0.2) is 9.97 Å². The highest BCUT2D eigenvalue weighted by atomic mass is 19.4. The van der Waals surface area contributed by atoms with Gasteiger partial charge >= 0.3 is 6.18 Å². The first-order valence-corrected chi connectivity index (χ1v) is 8.20. The number of rotatable bonds is 3. The van der Waals surface area contributed by atoms with Crippen LogP contribution >= 0.6 is 0 Å². The molecule has 7 nitrogen and oxygen atoms in total. The summed E-state index contributed by atoms with van der Waals surface area (Å²) in [6.07, 6.45) is -1.24. The van der Waals surface area contributed by atoms with Gasteiger partial charge in [0.1, 0.15) is 0 Å². The van der Waals surface area contributed by atoms with Crippen LogP contribution in [0, 0.1) is 10.1 Å². The van der Waals surface area contributed by atoms with Gasteiger partial charge in [-0.1, -0.05) is 6.07 Å². The highest BCUT2D eigenvalue weighted by Crippen LogP contribution is 2.31. The van der Waals surface area contributed by atoms with E-state index in [9.17, 15) is 23.3 Å². The third-order valence-electron chi connectivity index (χ3n) is 4.62. The first-order valence-electron chi connectivity index (χ1n) is 8.20. The molecule has 0 bridgehead atoms. The van der Waals surface area contributed by atoms with Crippen molar-refractivity contribution < 1.29 is 18.1 Å². The second-order valence-electron chi connectivity index (χ2n) is 6.39. The largest absolute Gasteiger partial charge is 0.451 e. The number of nitrogens with zero attached hydrogens (tertiary/aromatic N) is 4. The standard InChI is InChI=1S/C17H14F3N5O2/c18-17(19,20)16-22-6-10-8-24(5-4-12(10)23-16)9-11-7-21-13-2-1-3-14(15(11)13)25(26)27/h1-3,6-7,21H,4-5,8-9H2. The fourth-order valence-electron chi connectivity index (χ4n) is 3.40. The summed E-state index contributed by atoms with van der Waals surface area (Å²) in [5, 5.41) is 11.9. The van der Waals surface area contributed by atoms with Gasteiger partial charge in [0.2, 0.25) is 5.82 Å². The van der Waals surface area contributed by atoms with Crippen molar-refractivity contribution in [2.45, 2.75) is 25.7 Å². The third-order valence-corrected chi connectivity index (χ3v) is 4.62. The van der Waals surface area contributed by atoms with Crippen LogP contribution in [0.1, 0.15) is 22.6 Å². The molecule has 3 heterocycles. The molecule has 1 aromatic carbocycles. The van der Waals surface area contributed by atoms with Crippen molar-refractivity contribution in [1.29, 1.82) is 0 Å². The predicted octanol–water partition coefficient (Wildman–Crippen LogP) is 3.44. The van der Waals surface area contributed by atoms with E-state index in [0.717, 1.165) is 5.56 Å². The number of benzene rings is 1. The van der Waals surface area contributed by atoms with E-state index < -0.39 is 16.9 Å². The van der Waals surface area contributed by atoms with Gasteiger partial charge in [0.25, 0.3) is 5.69 Å². The zero-order chi connectivity index (χ0) is 19.2. The smallest absolute Gasteiger partial charge is 0.361 e. The molecule has 27 heavy (non-hydrogen) atoms. The lowest BCUT2D eigenvalue weighted by Gasteiger charge is -2.27. The summed E-state index contributed by atoms with van der Waals surface area (Å²) in [5.41, 5.74) is 2.52. The molecule has 1 aliphatic rings. The summed E-state index contributed by atoms with van der Waals surface area (Å²) < 4.78 is 38.2. The third kappa shape index (κ3) is 3.23. The molecule has 0 unspecified atom stereocenters. The van der Waals surface area contributed by atoms with Crippen LogP contribution in [0.15, 0.2) is 30.6 Å². The van der Waals surface area contributed by atoms with Crippen LogP contribution in [0.2, 0.25) is 0 Å². The summed E-state index contributed by atoms with van der Waals surface area (Å²) in [6, 6.07) is 4.84. The lowest BCUT2D eigenvalue weighted by atomic mass is 10.1. The number of non-ortho nitro benzene ring substituents is 1. The topological polar surface area (TPSA) is 88.0 Å². The highest BCUT2D eigenvalue weighted by molar-refractivity contribution is 5.91. The van der Waals surface area contributed by atoms with Crippen molar-refractivity contribution in [2.75, 3.05) is 6.54 Å². The maximum absolute atomic E-state index is 12.7. The molecule has 1 aliphatic heterocycles. The van der Waals surface area contributed by atoms with Gasteiger partial charge in [-0.2, -0.15) is 13.2 Å². The molecule has 0 aliphatic carbocycles. The minimum Gasteiger partial charge on any atom is -0.361 e. The zero-order valence-electron chi connectivity index (χ0n) is 14.0. The average molecular weight is 377 g/mol. The van der Waals surface area contributed by atoms with Crippen LogP contribution in [0.3, 0.4) is 0 Å². The molecule has 0 fully saturated rings. The second kappa shape index (κ2) is 6.31. The summed E-state index contributed by atoms with van der Waals surface area (Å²) in [5.74, 6) is -1.12. The first-order chi connectivity index (χ1) is 12.8. The molecular formula is C17H14F3N5O2. The second-order valence-corrected chi connectivity index (χ2v) is 6.39. The van der Waals surface area contributed by atoms with Crippen LogP contribution < -0.4 is 0 Å². The number of alkyl halides is 3. The Morgan fingerprint density at radius 2 is 2.15 bits per heavy atom. The molecule has 0 saturated heterocycles. The number of nitro benzene ring substituents is 1. The Labute approximate surface area is 151 Å². The fourth-order valence-corrected chi connectivity index (χ4v) is 3.40.